The minimum absolute atomic E-state index is 0.316. The Morgan fingerprint density at radius 1 is 1.40 bits per heavy atom. The van der Waals surface area contributed by atoms with Crippen molar-refractivity contribution < 1.29 is 9.53 Å². The number of para-hydroxylation sites is 1. The average molecular weight is 341 g/mol. The Kier molecular flexibility index (Phi) is 3.75. The minimum atomic E-state index is -0.510. The highest BCUT2D eigenvalue weighted by atomic mass is 79.9. The quantitative estimate of drug-likeness (QED) is 0.761. The van der Waals surface area contributed by atoms with Crippen LogP contribution in [-0.2, 0) is 4.74 Å². The molecule has 110 valence electrons. The van der Waals surface area contributed by atoms with E-state index < -0.39 is 5.60 Å². The SMILES string of the molecule is CC(C)(C)OC(=O)N1c2cccc(Br)c2NCC1(C)C. The van der Waals surface area contributed by atoms with Gasteiger partial charge in [0.15, 0.2) is 0 Å². The summed E-state index contributed by atoms with van der Waals surface area (Å²) in [5.74, 6) is 0. The van der Waals surface area contributed by atoms with Crippen LogP contribution in [0, 0.1) is 0 Å². The van der Waals surface area contributed by atoms with Gasteiger partial charge in [0, 0.05) is 11.0 Å². The maximum Gasteiger partial charge on any atom is 0.415 e. The lowest BCUT2D eigenvalue weighted by Gasteiger charge is -2.44. The van der Waals surface area contributed by atoms with E-state index >= 15 is 0 Å². The van der Waals surface area contributed by atoms with Crippen LogP contribution in [0.5, 0.6) is 0 Å². The summed E-state index contributed by atoms with van der Waals surface area (Å²) in [7, 11) is 0. The molecule has 0 aromatic heterocycles. The van der Waals surface area contributed by atoms with Crippen LogP contribution >= 0.6 is 15.9 Å². The number of hydrogen-bond acceptors (Lipinski definition) is 3. The number of fused-ring (bicyclic) bond motifs is 1. The van der Waals surface area contributed by atoms with Crippen molar-refractivity contribution in [2.24, 2.45) is 0 Å². The molecule has 0 aliphatic carbocycles. The van der Waals surface area contributed by atoms with Crippen LogP contribution in [0.1, 0.15) is 34.6 Å². The summed E-state index contributed by atoms with van der Waals surface area (Å²) in [4.78, 5) is 14.3. The van der Waals surface area contributed by atoms with Crippen molar-refractivity contribution in [3.63, 3.8) is 0 Å². The molecule has 4 nitrogen and oxygen atoms in total. The van der Waals surface area contributed by atoms with E-state index in [2.05, 4.69) is 21.2 Å². The maximum absolute atomic E-state index is 12.6. The monoisotopic (exact) mass is 340 g/mol. The third-order valence-electron chi connectivity index (χ3n) is 3.11. The predicted molar refractivity (Wildman–Crippen MR) is 85.4 cm³/mol. The Labute approximate surface area is 128 Å². The van der Waals surface area contributed by atoms with Crippen molar-refractivity contribution in [3.8, 4) is 0 Å². The molecule has 1 N–H and O–H groups in total. The van der Waals surface area contributed by atoms with Gasteiger partial charge in [-0.1, -0.05) is 6.07 Å². The summed E-state index contributed by atoms with van der Waals surface area (Å²) in [5.41, 5.74) is 0.905. The van der Waals surface area contributed by atoms with E-state index in [1.807, 2.05) is 52.8 Å². The molecular weight excluding hydrogens is 320 g/mol. The molecule has 1 amide bonds. The molecule has 2 rings (SSSR count). The number of rotatable bonds is 0. The molecule has 0 saturated heterocycles. The molecule has 0 bridgehead atoms. The van der Waals surface area contributed by atoms with Crippen LogP contribution in [0.25, 0.3) is 0 Å². The molecule has 1 aliphatic rings. The molecule has 1 aromatic carbocycles. The lowest BCUT2D eigenvalue weighted by atomic mass is 9.98. The van der Waals surface area contributed by atoms with Gasteiger partial charge in [-0.15, -0.1) is 0 Å². The molecule has 0 saturated carbocycles. The van der Waals surface area contributed by atoms with E-state index in [0.717, 1.165) is 15.8 Å². The van der Waals surface area contributed by atoms with Gasteiger partial charge < -0.3 is 10.1 Å². The molecule has 0 radical (unpaired) electrons. The normalized spacial score (nSPS) is 17.2. The number of ether oxygens (including phenoxy) is 1. The van der Waals surface area contributed by atoms with E-state index in [4.69, 9.17) is 4.74 Å². The fourth-order valence-electron chi connectivity index (χ4n) is 2.24. The number of hydrogen-bond donors (Lipinski definition) is 1. The number of nitrogens with one attached hydrogen (secondary N) is 1. The van der Waals surface area contributed by atoms with Gasteiger partial charge in [-0.3, -0.25) is 4.90 Å². The highest BCUT2D eigenvalue weighted by molar-refractivity contribution is 9.10. The number of carbonyl (C=O) groups excluding carboxylic acids is 1. The van der Waals surface area contributed by atoms with Gasteiger partial charge in [0.05, 0.1) is 16.9 Å². The smallest absolute Gasteiger partial charge is 0.415 e. The summed E-state index contributed by atoms with van der Waals surface area (Å²) in [6.45, 7) is 10.3. The molecule has 20 heavy (non-hydrogen) atoms. The standard InChI is InChI=1S/C15H21BrN2O2/c1-14(2,3)20-13(19)18-11-8-6-7-10(16)12(11)17-9-15(18,4)5/h6-8,17H,9H2,1-5H3. The number of amides is 1. The Balaban J connectivity index is 2.45. The number of halogens is 1. The molecule has 0 unspecified atom stereocenters. The third kappa shape index (κ3) is 2.92. The second-order valence-electron chi connectivity index (χ2n) is 6.62. The summed E-state index contributed by atoms with van der Waals surface area (Å²) >= 11 is 3.52. The summed E-state index contributed by atoms with van der Waals surface area (Å²) in [5, 5.41) is 3.37. The lowest BCUT2D eigenvalue weighted by Crippen LogP contribution is -2.56. The lowest BCUT2D eigenvalue weighted by molar-refractivity contribution is 0.0546. The average Bonchev–Trinajstić information content (AvgIpc) is 2.24. The molecular formula is C15H21BrN2O2. The Morgan fingerprint density at radius 3 is 2.65 bits per heavy atom. The number of carbonyl (C=O) groups is 1. The Morgan fingerprint density at radius 2 is 2.05 bits per heavy atom. The molecule has 1 aliphatic heterocycles. The maximum atomic E-state index is 12.6. The van der Waals surface area contributed by atoms with Crippen LogP contribution in [0.4, 0.5) is 16.2 Å². The van der Waals surface area contributed by atoms with Gasteiger partial charge >= 0.3 is 6.09 Å². The molecule has 0 spiro atoms. The Bertz CT molecular complexity index is 535. The molecule has 5 heteroatoms. The topological polar surface area (TPSA) is 41.6 Å². The van der Waals surface area contributed by atoms with Crippen molar-refractivity contribution in [1.29, 1.82) is 0 Å². The van der Waals surface area contributed by atoms with Crippen molar-refractivity contribution >= 4 is 33.4 Å². The van der Waals surface area contributed by atoms with E-state index in [0.29, 0.717) is 6.54 Å². The van der Waals surface area contributed by atoms with Gasteiger partial charge in [0.2, 0.25) is 0 Å². The van der Waals surface area contributed by atoms with Gasteiger partial charge in [-0.25, -0.2) is 4.79 Å². The zero-order valence-electron chi connectivity index (χ0n) is 12.6. The fraction of sp³-hybridized carbons (Fsp3) is 0.533. The van der Waals surface area contributed by atoms with Crippen molar-refractivity contribution in [2.75, 3.05) is 16.8 Å². The number of nitrogens with zero attached hydrogens (tertiary/aromatic N) is 1. The Hall–Kier alpha value is -1.23. The van der Waals surface area contributed by atoms with Crippen molar-refractivity contribution in [2.45, 2.75) is 45.8 Å². The number of anilines is 2. The summed E-state index contributed by atoms with van der Waals surface area (Å²) in [6, 6.07) is 5.80. The molecule has 1 heterocycles. The third-order valence-corrected chi connectivity index (χ3v) is 3.77. The minimum Gasteiger partial charge on any atom is -0.443 e. The van der Waals surface area contributed by atoms with Crippen LogP contribution in [0.2, 0.25) is 0 Å². The fourth-order valence-corrected chi connectivity index (χ4v) is 2.73. The van der Waals surface area contributed by atoms with Gasteiger partial charge in [0.1, 0.15) is 5.60 Å². The largest absolute Gasteiger partial charge is 0.443 e. The summed E-state index contributed by atoms with van der Waals surface area (Å²) < 4.78 is 6.50. The first-order valence-corrected chi connectivity index (χ1v) is 7.47. The van der Waals surface area contributed by atoms with Crippen LogP contribution < -0.4 is 10.2 Å². The van der Waals surface area contributed by atoms with Gasteiger partial charge in [-0.05, 0) is 62.7 Å². The molecule has 0 atom stereocenters. The van der Waals surface area contributed by atoms with Gasteiger partial charge in [-0.2, -0.15) is 0 Å². The highest BCUT2D eigenvalue weighted by Gasteiger charge is 2.39. The first-order chi connectivity index (χ1) is 9.12. The first-order valence-electron chi connectivity index (χ1n) is 6.67. The van der Waals surface area contributed by atoms with E-state index in [-0.39, 0.29) is 11.6 Å². The molecule has 1 aromatic rings. The van der Waals surface area contributed by atoms with E-state index in [1.54, 1.807) is 4.90 Å². The number of benzene rings is 1. The molecule has 0 fully saturated rings. The van der Waals surface area contributed by atoms with Gasteiger partial charge in [0.25, 0.3) is 0 Å². The second-order valence-corrected chi connectivity index (χ2v) is 7.47. The van der Waals surface area contributed by atoms with Crippen LogP contribution in [0.15, 0.2) is 22.7 Å². The highest BCUT2D eigenvalue weighted by Crippen LogP contribution is 2.41. The second kappa shape index (κ2) is 4.95. The van der Waals surface area contributed by atoms with E-state index in [9.17, 15) is 4.79 Å². The van der Waals surface area contributed by atoms with Crippen LogP contribution in [-0.4, -0.2) is 23.8 Å². The van der Waals surface area contributed by atoms with E-state index in [1.165, 1.54) is 0 Å². The van der Waals surface area contributed by atoms with Crippen molar-refractivity contribution in [3.05, 3.63) is 22.7 Å². The van der Waals surface area contributed by atoms with Crippen molar-refractivity contribution in [1.82, 2.24) is 0 Å². The first kappa shape index (κ1) is 15.2. The predicted octanol–water partition coefficient (Wildman–Crippen LogP) is 4.39. The zero-order valence-corrected chi connectivity index (χ0v) is 14.2. The zero-order chi connectivity index (χ0) is 15.1. The summed E-state index contributed by atoms with van der Waals surface area (Å²) in [6.07, 6.45) is -0.316. The van der Waals surface area contributed by atoms with Crippen LogP contribution in [0.3, 0.4) is 0 Å².